The van der Waals surface area contributed by atoms with Crippen LogP contribution in [0.3, 0.4) is 0 Å². The summed E-state index contributed by atoms with van der Waals surface area (Å²) in [6, 6.07) is 12.0. The topological polar surface area (TPSA) is 240 Å². The first-order valence-corrected chi connectivity index (χ1v) is 24.5. The van der Waals surface area contributed by atoms with Gasteiger partial charge in [-0.3, -0.25) is 19.7 Å². The Labute approximate surface area is 425 Å². The molecule has 18 nitrogen and oxygen atoms in total. The van der Waals surface area contributed by atoms with Crippen LogP contribution in [0, 0.1) is 23.7 Å². The molecule has 1 aromatic heterocycles. The lowest BCUT2D eigenvalue weighted by Gasteiger charge is -2.48. The summed E-state index contributed by atoms with van der Waals surface area (Å²) in [5, 5.41) is 17.6. The molecule has 0 spiro atoms. The third-order valence-corrected chi connectivity index (χ3v) is 14.3. The van der Waals surface area contributed by atoms with Gasteiger partial charge in [0.1, 0.15) is 35.8 Å². The second-order valence-corrected chi connectivity index (χ2v) is 19.9. The Morgan fingerprint density at radius 2 is 1.66 bits per heavy atom. The highest BCUT2D eigenvalue weighted by molar-refractivity contribution is 6.42. The summed E-state index contributed by atoms with van der Waals surface area (Å²) in [6.07, 6.45) is -1.85. The average molecular weight is 1030 g/mol. The van der Waals surface area contributed by atoms with Crippen LogP contribution in [0.5, 0.6) is 0 Å². The van der Waals surface area contributed by atoms with Gasteiger partial charge in [0.05, 0.1) is 28.1 Å². The van der Waals surface area contributed by atoms with Crippen LogP contribution >= 0.6 is 23.2 Å². The lowest BCUT2D eigenvalue weighted by molar-refractivity contribution is -0.298. The smallest absolute Gasteiger partial charge is 0.411 e. The predicted octanol–water partition coefficient (Wildman–Crippen LogP) is 7.48. The second kappa shape index (κ2) is 25.0. The van der Waals surface area contributed by atoms with Gasteiger partial charge in [-0.2, -0.15) is 0 Å². The third-order valence-electron chi connectivity index (χ3n) is 13.6. The van der Waals surface area contributed by atoms with Crippen molar-refractivity contribution < 1.29 is 57.5 Å². The van der Waals surface area contributed by atoms with E-state index in [1.807, 2.05) is 50.2 Å². The number of hydrogen-bond donors (Lipinski definition) is 4. The molecule has 20 heteroatoms. The molecule has 3 heterocycles. The van der Waals surface area contributed by atoms with Gasteiger partial charge in [-0.1, -0.05) is 87.3 Å². The Bertz CT molecular complexity index is 2330. The molecular formula is C51H68Cl2N6O12. The van der Waals surface area contributed by atoms with Crippen LogP contribution in [0.4, 0.5) is 15.3 Å². The molecule has 0 radical (unpaired) electrons. The summed E-state index contributed by atoms with van der Waals surface area (Å²) >= 11 is 12.4. The fraction of sp³-hybridized carbons (Fsp3) is 0.549. The minimum atomic E-state index is -1.84. The monoisotopic (exact) mass is 1030 g/mol. The van der Waals surface area contributed by atoms with E-state index in [4.69, 9.17) is 57.4 Å². The first-order chi connectivity index (χ1) is 33.5. The molecule has 5 N–H and O–H groups in total. The van der Waals surface area contributed by atoms with Crippen molar-refractivity contribution in [2.45, 2.75) is 135 Å². The summed E-state index contributed by atoms with van der Waals surface area (Å²) in [5.41, 5.74) is 5.14. The first kappa shape index (κ1) is 56.7. The van der Waals surface area contributed by atoms with Gasteiger partial charge in [0.25, 0.3) is 6.47 Å². The Kier molecular flexibility index (Phi) is 19.9. The van der Waals surface area contributed by atoms with Gasteiger partial charge in [0, 0.05) is 54.0 Å². The first-order valence-electron chi connectivity index (χ1n) is 23.7. The number of likely N-dealkylation sites (N-methyl/N-ethyl adjacent to an activating group) is 1. The summed E-state index contributed by atoms with van der Waals surface area (Å²) in [6.45, 7) is 13.1. The summed E-state index contributed by atoms with van der Waals surface area (Å²) in [5.74, 6) is -5.11. The highest BCUT2D eigenvalue weighted by Gasteiger charge is 2.55. The standard InChI is InChI=1S/C51H68Cl2N6O12/c1-11-39-51(8,66-27-60)43(54)30(4)40(61)28(2)26-50(7,71-48(64)57-21-12-14-33-15-17-34(18-16-33)45-55-22-13-23-56-45)44(70-47-41(62)38(59(9)10)24-29(3)67-47)31(5)42(32(6)46(63)68-39)69-49(65)58-35-19-20-36(52)37(53)25-35/h12-20,22-23,25,27-32,38-39,41-44,47,62H,11,21,24,26,54H2,1-10H3,(H,57,64)(H,58,65)/b14-12+/t28-,29-,30+,31+,32-,38+,39-,41-,42+,43-,44-,47+,50-,51-/m1/s1. The molecule has 3 aromatic rings. The van der Waals surface area contributed by atoms with Crippen molar-refractivity contribution in [3.63, 3.8) is 0 Å². The maximum Gasteiger partial charge on any atom is 0.411 e. The number of esters is 1. The summed E-state index contributed by atoms with van der Waals surface area (Å²) in [7, 11) is 3.62. The molecule has 0 bridgehead atoms. The van der Waals surface area contributed by atoms with Crippen molar-refractivity contribution >= 4 is 65.4 Å². The number of hydrogen-bond acceptors (Lipinski definition) is 16. The highest BCUT2D eigenvalue weighted by atomic mass is 35.5. The van der Waals surface area contributed by atoms with Crippen LogP contribution in [-0.2, 0) is 42.8 Å². The fourth-order valence-corrected chi connectivity index (χ4v) is 9.89. The van der Waals surface area contributed by atoms with Gasteiger partial charge in [0.2, 0.25) is 0 Å². The van der Waals surface area contributed by atoms with E-state index in [-0.39, 0.29) is 41.6 Å². The number of halogens is 2. The van der Waals surface area contributed by atoms with E-state index < -0.39 is 108 Å². The molecule has 5 rings (SSSR count). The molecule has 0 saturated carbocycles. The maximum absolute atomic E-state index is 14.7. The number of cyclic esters (lactones) is 1. The number of alkyl carbamates (subject to hydrolysis) is 1. The number of carbonyl (C=O) groups excluding carboxylic acids is 5. The zero-order chi connectivity index (χ0) is 52.4. The lowest BCUT2D eigenvalue weighted by Crippen LogP contribution is -2.63. The quantitative estimate of drug-likeness (QED) is 0.0737. The van der Waals surface area contributed by atoms with Crippen LogP contribution in [-0.4, -0.2) is 131 Å². The van der Waals surface area contributed by atoms with Crippen molar-refractivity contribution in [2.75, 3.05) is 26.0 Å². The Morgan fingerprint density at radius 1 is 0.986 bits per heavy atom. The van der Waals surface area contributed by atoms with Crippen LogP contribution in [0.15, 0.2) is 67.0 Å². The molecular weight excluding hydrogens is 959 g/mol. The molecule has 2 saturated heterocycles. The molecule has 2 aliphatic rings. The summed E-state index contributed by atoms with van der Waals surface area (Å²) < 4.78 is 37.5. The van der Waals surface area contributed by atoms with E-state index in [2.05, 4.69) is 20.6 Å². The number of aromatic nitrogens is 2. The molecule has 2 amide bonds. The van der Waals surface area contributed by atoms with Gasteiger partial charge < -0.3 is 49.5 Å². The van der Waals surface area contributed by atoms with Crippen LogP contribution in [0.25, 0.3) is 17.5 Å². The van der Waals surface area contributed by atoms with E-state index in [0.29, 0.717) is 12.2 Å². The number of aliphatic hydroxyl groups excluding tert-OH is 1. The zero-order valence-corrected chi connectivity index (χ0v) is 43.4. The normalized spacial score (nSPS) is 32.0. The van der Waals surface area contributed by atoms with Crippen molar-refractivity contribution in [3.05, 3.63) is 82.6 Å². The summed E-state index contributed by atoms with van der Waals surface area (Å²) in [4.78, 5) is 80.0. The van der Waals surface area contributed by atoms with E-state index in [0.717, 1.165) is 11.1 Å². The van der Waals surface area contributed by atoms with Gasteiger partial charge in [-0.05, 0) is 90.9 Å². The van der Waals surface area contributed by atoms with E-state index in [1.54, 1.807) is 65.2 Å². The molecule has 0 aliphatic carbocycles. The third kappa shape index (κ3) is 14.1. The Morgan fingerprint density at radius 3 is 2.28 bits per heavy atom. The van der Waals surface area contributed by atoms with Crippen molar-refractivity contribution in [3.8, 4) is 11.4 Å². The number of amides is 2. The molecule has 0 unspecified atom stereocenters. The number of benzene rings is 2. The fourth-order valence-electron chi connectivity index (χ4n) is 9.59. The van der Waals surface area contributed by atoms with Crippen LogP contribution in [0.2, 0.25) is 10.0 Å². The van der Waals surface area contributed by atoms with Gasteiger partial charge >= 0.3 is 18.2 Å². The van der Waals surface area contributed by atoms with E-state index >= 15 is 0 Å². The minimum Gasteiger partial charge on any atom is -0.458 e. The molecule has 388 valence electrons. The lowest BCUT2D eigenvalue weighted by atomic mass is 9.73. The van der Waals surface area contributed by atoms with E-state index in [1.165, 1.54) is 32.0 Å². The minimum absolute atomic E-state index is 0.00377. The average Bonchev–Trinajstić information content (AvgIpc) is 3.33. The number of aliphatic hydroxyl groups is 1. The van der Waals surface area contributed by atoms with Crippen LogP contribution in [0.1, 0.15) is 80.2 Å². The van der Waals surface area contributed by atoms with Crippen molar-refractivity contribution in [2.24, 2.45) is 29.4 Å². The Hall–Kier alpha value is -5.21. The molecule has 2 aliphatic heterocycles. The van der Waals surface area contributed by atoms with Crippen LogP contribution < -0.4 is 16.4 Å². The zero-order valence-electron chi connectivity index (χ0n) is 41.9. The maximum atomic E-state index is 14.7. The van der Waals surface area contributed by atoms with E-state index in [9.17, 15) is 29.1 Å². The number of nitrogens with zero attached hydrogens (tertiary/aromatic N) is 3. The number of Topliss-reactive ketones (excluding diaryl/α,β-unsaturated/α-hetero) is 1. The highest BCUT2D eigenvalue weighted by Crippen LogP contribution is 2.41. The molecule has 2 aromatic carbocycles. The Balaban J connectivity index is 1.60. The number of ketones is 1. The molecule has 14 atom stereocenters. The van der Waals surface area contributed by atoms with Crippen molar-refractivity contribution in [1.82, 2.24) is 20.2 Å². The number of nitrogens with two attached hydrogens (primary N) is 1. The van der Waals surface area contributed by atoms with Crippen molar-refractivity contribution in [1.29, 1.82) is 0 Å². The SMILES string of the molecule is CC[C@H]1OC(=O)[C@H](C)[C@@H](OC(=O)Nc2ccc(Cl)c(Cl)c2)[C@H](C)[C@@H](O[C@@H]2O[C@H](C)C[C@H](N(C)C)[C@H]2O)[C@](C)(OC(=O)NC/C=C/c2ccc(-c3ncccn3)cc2)C[C@@H](C)C(=O)[C@H](C)[C@@H](N)[C@]1(C)OC=O. The second-order valence-electron chi connectivity index (χ2n) is 19.1. The number of anilines is 1. The molecule has 71 heavy (non-hydrogen) atoms. The largest absolute Gasteiger partial charge is 0.458 e. The van der Waals surface area contributed by atoms with Gasteiger partial charge in [-0.15, -0.1) is 0 Å². The number of ether oxygens (including phenoxy) is 6. The number of carbonyl (C=O) groups is 5. The van der Waals surface area contributed by atoms with Gasteiger partial charge in [0.15, 0.2) is 17.7 Å². The van der Waals surface area contributed by atoms with Gasteiger partial charge in [-0.25, -0.2) is 19.6 Å². The predicted molar refractivity (Wildman–Crippen MR) is 267 cm³/mol. The number of nitrogens with one attached hydrogen (secondary N) is 2. The number of rotatable bonds is 13. The molecule has 2 fully saturated rings.